The Morgan fingerprint density at radius 2 is 2.00 bits per heavy atom. The largest absolute Gasteiger partial charge is 0.478 e. The molecule has 0 aliphatic rings. The van der Waals surface area contributed by atoms with Crippen molar-refractivity contribution in [3.8, 4) is 5.88 Å². The van der Waals surface area contributed by atoms with Crippen LogP contribution in [0.4, 0.5) is 5.82 Å². The Hall–Kier alpha value is -1.03. The fraction of sp³-hybridized carbons (Fsp3) is 0.714. The van der Waals surface area contributed by atoms with Crippen LogP contribution in [0.2, 0.25) is 0 Å². The minimum absolute atomic E-state index is 0.452. The van der Waals surface area contributed by atoms with Crippen molar-refractivity contribution in [2.45, 2.75) is 46.1 Å². The average Bonchev–Trinajstić information content (AvgIpc) is 2.45. The van der Waals surface area contributed by atoms with Crippen LogP contribution in [0, 0.1) is 0 Å². The Kier molecular flexibility index (Phi) is 7.56. The van der Waals surface area contributed by atoms with Gasteiger partial charge in [0.05, 0.1) is 6.61 Å². The van der Waals surface area contributed by atoms with E-state index in [2.05, 4.69) is 35.6 Å². The maximum absolute atomic E-state index is 5.91. The standard InChI is InChI=1S/C14H24ClN3O/c1-4-9-19-14-10-13(16-11-17-14)18(8-7-15)12(5-2)6-3/h10-12H,4-9H2,1-3H3. The molecule has 0 spiro atoms. The summed E-state index contributed by atoms with van der Waals surface area (Å²) in [5.41, 5.74) is 0. The minimum Gasteiger partial charge on any atom is -0.478 e. The number of alkyl halides is 1. The lowest BCUT2D eigenvalue weighted by Crippen LogP contribution is -2.36. The second kappa shape index (κ2) is 8.97. The van der Waals surface area contributed by atoms with Gasteiger partial charge >= 0.3 is 0 Å². The Morgan fingerprint density at radius 3 is 2.58 bits per heavy atom. The summed E-state index contributed by atoms with van der Waals surface area (Å²) in [4.78, 5) is 10.7. The van der Waals surface area contributed by atoms with Gasteiger partial charge in [-0.1, -0.05) is 20.8 Å². The predicted molar refractivity (Wildman–Crippen MR) is 80.3 cm³/mol. The van der Waals surface area contributed by atoms with Gasteiger partial charge in [0.2, 0.25) is 5.88 Å². The quantitative estimate of drug-likeness (QED) is 0.651. The molecule has 108 valence electrons. The van der Waals surface area contributed by atoms with Crippen molar-refractivity contribution in [2.24, 2.45) is 0 Å². The van der Waals surface area contributed by atoms with E-state index < -0.39 is 0 Å². The average molecular weight is 286 g/mol. The molecule has 0 saturated heterocycles. The molecule has 4 nitrogen and oxygen atoms in total. The molecule has 0 unspecified atom stereocenters. The first-order chi connectivity index (χ1) is 9.26. The maximum Gasteiger partial charge on any atom is 0.218 e. The molecule has 1 aromatic heterocycles. The van der Waals surface area contributed by atoms with Gasteiger partial charge in [0.1, 0.15) is 12.1 Å². The van der Waals surface area contributed by atoms with Gasteiger partial charge in [0, 0.05) is 24.5 Å². The van der Waals surface area contributed by atoms with Gasteiger partial charge in [-0.2, -0.15) is 0 Å². The fourth-order valence-corrected chi connectivity index (χ4v) is 2.26. The molecule has 0 saturated carbocycles. The van der Waals surface area contributed by atoms with Crippen LogP contribution in [0.5, 0.6) is 5.88 Å². The van der Waals surface area contributed by atoms with Crippen molar-refractivity contribution in [2.75, 3.05) is 23.9 Å². The number of halogens is 1. The summed E-state index contributed by atoms with van der Waals surface area (Å²) in [5, 5.41) is 0. The molecular weight excluding hydrogens is 262 g/mol. The third kappa shape index (κ3) is 4.86. The van der Waals surface area contributed by atoms with Gasteiger partial charge in [-0.15, -0.1) is 11.6 Å². The monoisotopic (exact) mass is 285 g/mol. The van der Waals surface area contributed by atoms with E-state index in [9.17, 15) is 0 Å². The van der Waals surface area contributed by atoms with Crippen molar-refractivity contribution < 1.29 is 4.74 Å². The summed E-state index contributed by atoms with van der Waals surface area (Å²) in [5.74, 6) is 2.12. The van der Waals surface area contributed by atoms with Crippen LogP contribution in [0.25, 0.3) is 0 Å². The third-order valence-corrected chi connectivity index (χ3v) is 3.25. The molecule has 0 amide bonds. The Balaban J connectivity index is 2.88. The van der Waals surface area contributed by atoms with Crippen LogP contribution < -0.4 is 9.64 Å². The van der Waals surface area contributed by atoms with Crippen LogP contribution >= 0.6 is 11.6 Å². The molecule has 0 fully saturated rings. The van der Waals surface area contributed by atoms with E-state index in [1.54, 1.807) is 6.33 Å². The highest BCUT2D eigenvalue weighted by Gasteiger charge is 2.17. The second-order valence-corrected chi connectivity index (χ2v) is 4.79. The molecule has 1 heterocycles. The smallest absolute Gasteiger partial charge is 0.218 e. The van der Waals surface area contributed by atoms with Crippen LogP contribution in [-0.4, -0.2) is 35.0 Å². The maximum atomic E-state index is 5.91. The highest BCUT2D eigenvalue weighted by Crippen LogP contribution is 2.21. The van der Waals surface area contributed by atoms with Crippen molar-refractivity contribution in [3.63, 3.8) is 0 Å². The first-order valence-corrected chi connectivity index (χ1v) is 7.57. The topological polar surface area (TPSA) is 38.2 Å². The molecule has 5 heteroatoms. The van der Waals surface area contributed by atoms with Crippen molar-refractivity contribution in [1.29, 1.82) is 0 Å². The number of hydrogen-bond acceptors (Lipinski definition) is 4. The highest BCUT2D eigenvalue weighted by molar-refractivity contribution is 6.18. The van der Waals surface area contributed by atoms with Gasteiger partial charge in [0.25, 0.3) is 0 Å². The van der Waals surface area contributed by atoms with Crippen LogP contribution in [-0.2, 0) is 0 Å². The van der Waals surface area contributed by atoms with Gasteiger partial charge in [-0.05, 0) is 19.3 Å². The molecule has 0 atom stereocenters. The van der Waals surface area contributed by atoms with E-state index in [0.717, 1.165) is 31.6 Å². The molecule has 1 rings (SSSR count). The molecule has 0 radical (unpaired) electrons. The molecule has 0 aliphatic carbocycles. The minimum atomic E-state index is 0.452. The van der Waals surface area contributed by atoms with Crippen molar-refractivity contribution in [1.82, 2.24) is 9.97 Å². The lowest BCUT2D eigenvalue weighted by molar-refractivity contribution is 0.304. The number of hydrogen-bond donors (Lipinski definition) is 0. The number of anilines is 1. The zero-order chi connectivity index (χ0) is 14.1. The molecule has 0 aliphatic heterocycles. The lowest BCUT2D eigenvalue weighted by Gasteiger charge is -2.31. The summed E-state index contributed by atoms with van der Waals surface area (Å²) in [6.07, 6.45) is 4.67. The number of rotatable bonds is 9. The van der Waals surface area contributed by atoms with Crippen LogP contribution in [0.3, 0.4) is 0 Å². The fourth-order valence-electron chi connectivity index (χ4n) is 2.08. The summed E-state index contributed by atoms with van der Waals surface area (Å²) in [6.45, 7) is 7.91. The SMILES string of the molecule is CCCOc1cc(N(CCCl)C(CC)CC)ncn1. The lowest BCUT2D eigenvalue weighted by atomic mass is 10.1. The highest BCUT2D eigenvalue weighted by atomic mass is 35.5. The van der Waals surface area contributed by atoms with Crippen molar-refractivity contribution in [3.05, 3.63) is 12.4 Å². The Morgan fingerprint density at radius 1 is 1.26 bits per heavy atom. The van der Waals surface area contributed by atoms with E-state index in [-0.39, 0.29) is 0 Å². The van der Waals surface area contributed by atoms with Gasteiger partial charge < -0.3 is 9.64 Å². The Labute approximate surface area is 121 Å². The molecule has 19 heavy (non-hydrogen) atoms. The number of ether oxygens (including phenoxy) is 1. The normalized spacial score (nSPS) is 10.8. The van der Waals surface area contributed by atoms with Gasteiger partial charge in [-0.25, -0.2) is 9.97 Å². The van der Waals surface area contributed by atoms with E-state index in [0.29, 0.717) is 24.4 Å². The zero-order valence-corrected chi connectivity index (χ0v) is 12.9. The zero-order valence-electron chi connectivity index (χ0n) is 12.1. The summed E-state index contributed by atoms with van der Waals surface area (Å²) in [7, 11) is 0. The molecule has 0 N–H and O–H groups in total. The van der Waals surface area contributed by atoms with Crippen molar-refractivity contribution >= 4 is 17.4 Å². The Bertz CT molecular complexity index is 358. The molecular formula is C14H24ClN3O. The summed E-state index contributed by atoms with van der Waals surface area (Å²) < 4.78 is 5.56. The summed E-state index contributed by atoms with van der Waals surface area (Å²) in [6, 6.07) is 2.35. The second-order valence-electron chi connectivity index (χ2n) is 4.42. The van der Waals surface area contributed by atoms with Gasteiger partial charge in [-0.3, -0.25) is 0 Å². The summed E-state index contributed by atoms with van der Waals surface area (Å²) >= 11 is 5.91. The molecule has 1 aromatic rings. The number of aromatic nitrogens is 2. The van der Waals surface area contributed by atoms with E-state index in [4.69, 9.17) is 16.3 Å². The predicted octanol–water partition coefficient (Wildman–Crippen LogP) is 3.50. The van der Waals surface area contributed by atoms with E-state index >= 15 is 0 Å². The third-order valence-electron chi connectivity index (χ3n) is 3.08. The van der Waals surface area contributed by atoms with Crippen LogP contribution in [0.15, 0.2) is 12.4 Å². The number of nitrogens with zero attached hydrogens (tertiary/aromatic N) is 3. The molecule has 0 bridgehead atoms. The van der Waals surface area contributed by atoms with E-state index in [1.807, 2.05) is 6.07 Å². The van der Waals surface area contributed by atoms with Gasteiger partial charge in [0.15, 0.2) is 0 Å². The first-order valence-electron chi connectivity index (χ1n) is 7.04. The van der Waals surface area contributed by atoms with Crippen LogP contribution in [0.1, 0.15) is 40.0 Å². The first kappa shape index (κ1) is 16.0. The van der Waals surface area contributed by atoms with E-state index in [1.165, 1.54) is 0 Å². The molecule has 0 aromatic carbocycles.